The smallest absolute Gasteiger partial charge is 0.227 e. The molecule has 1 spiro atoms. The Morgan fingerprint density at radius 2 is 2.08 bits per heavy atom. The Kier molecular flexibility index (Phi) is 5.04. The predicted octanol–water partition coefficient (Wildman–Crippen LogP) is 3.26. The molecule has 2 aromatic rings. The summed E-state index contributed by atoms with van der Waals surface area (Å²) >= 11 is 1.73. The molecule has 3 heterocycles. The third-order valence-electron chi connectivity index (χ3n) is 6.37. The molecule has 1 atom stereocenters. The number of thiophene rings is 1. The second kappa shape index (κ2) is 7.29. The van der Waals surface area contributed by atoms with Crippen molar-refractivity contribution in [2.75, 3.05) is 46.9 Å². The number of rotatable bonds is 4. The van der Waals surface area contributed by atoms with E-state index in [9.17, 15) is 4.79 Å². The van der Waals surface area contributed by atoms with Crippen LogP contribution in [0.1, 0.15) is 18.4 Å². The number of methoxy groups -OCH3 is 1. The molecule has 2 aliphatic rings. The standard InChI is InChI=1S/C21H28N2O2S/c1-22-12-17(13-25-2)21(15-22)7-9-23(10-8-21)20(24)11-16-14-26-19-6-4-3-5-18(16)19/h3-6,14,17H,7-13,15H2,1-2H3/t17-/m0/s1. The first-order valence-electron chi connectivity index (χ1n) is 9.52. The van der Waals surface area contributed by atoms with Crippen molar-refractivity contribution in [1.29, 1.82) is 0 Å². The van der Waals surface area contributed by atoms with E-state index in [0.29, 0.717) is 17.8 Å². The number of piperidine rings is 1. The van der Waals surface area contributed by atoms with E-state index in [1.807, 2.05) is 0 Å². The van der Waals surface area contributed by atoms with Crippen LogP contribution in [-0.2, 0) is 16.0 Å². The van der Waals surface area contributed by atoms with E-state index in [4.69, 9.17) is 4.74 Å². The molecule has 0 saturated carbocycles. The van der Waals surface area contributed by atoms with Gasteiger partial charge in [-0.1, -0.05) is 18.2 Å². The van der Waals surface area contributed by atoms with Gasteiger partial charge in [-0.15, -0.1) is 11.3 Å². The summed E-state index contributed by atoms with van der Waals surface area (Å²) in [6.45, 7) is 4.85. The van der Waals surface area contributed by atoms with Crippen LogP contribution in [0.3, 0.4) is 0 Å². The number of hydrogen-bond donors (Lipinski definition) is 0. The largest absolute Gasteiger partial charge is 0.384 e. The fraction of sp³-hybridized carbons (Fsp3) is 0.571. The highest BCUT2D eigenvalue weighted by Crippen LogP contribution is 2.44. The lowest BCUT2D eigenvalue weighted by atomic mass is 9.71. The summed E-state index contributed by atoms with van der Waals surface area (Å²) in [6.07, 6.45) is 2.72. The molecule has 0 bridgehead atoms. The van der Waals surface area contributed by atoms with Crippen molar-refractivity contribution in [3.8, 4) is 0 Å². The first kappa shape index (κ1) is 18.0. The summed E-state index contributed by atoms with van der Waals surface area (Å²) in [5.74, 6) is 0.869. The van der Waals surface area contributed by atoms with E-state index in [2.05, 4.69) is 46.5 Å². The van der Waals surface area contributed by atoms with Gasteiger partial charge < -0.3 is 14.5 Å². The Bertz CT molecular complexity index is 779. The van der Waals surface area contributed by atoms with Gasteiger partial charge in [0.15, 0.2) is 0 Å². The van der Waals surface area contributed by atoms with Gasteiger partial charge in [0.25, 0.3) is 0 Å². The van der Waals surface area contributed by atoms with Crippen LogP contribution in [0.5, 0.6) is 0 Å². The van der Waals surface area contributed by atoms with Gasteiger partial charge in [-0.25, -0.2) is 0 Å². The summed E-state index contributed by atoms with van der Waals surface area (Å²) in [5, 5.41) is 3.38. The molecule has 5 heteroatoms. The van der Waals surface area contributed by atoms with Crippen molar-refractivity contribution < 1.29 is 9.53 Å². The first-order valence-corrected chi connectivity index (χ1v) is 10.4. The van der Waals surface area contributed by atoms with Crippen molar-refractivity contribution in [2.45, 2.75) is 19.3 Å². The highest BCUT2D eigenvalue weighted by Gasteiger charge is 2.47. The van der Waals surface area contributed by atoms with Gasteiger partial charge in [-0.3, -0.25) is 4.79 Å². The van der Waals surface area contributed by atoms with Crippen LogP contribution in [0, 0.1) is 11.3 Å². The molecule has 1 amide bonds. The van der Waals surface area contributed by atoms with Crippen LogP contribution in [0.4, 0.5) is 0 Å². The van der Waals surface area contributed by atoms with Gasteiger partial charge in [0.05, 0.1) is 13.0 Å². The van der Waals surface area contributed by atoms with Crippen LogP contribution in [0.2, 0.25) is 0 Å². The molecule has 1 aromatic carbocycles. The number of hydrogen-bond acceptors (Lipinski definition) is 4. The normalized spacial score (nSPS) is 23.2. The van der Waals surface area contributed by atoms with Crippen LogP contribution < -0.4 is 0 Å². The molecule has 0 radical (unpaired) electrons. The lowest BCUT2D eigenvalue weighted by molar-refractivity contribution is -0.133. The van der Waals surface area contributed by atoms with Crippen molar-refractivity contribution in [1.82, 2.24) is 9.80 Å². The zero-order chi connectivity index (χ0) is 18.1. The number of carbonyl (C=O) groups excluding carboxylic acids is 1. The Balaban J connectivity index is 1.41. The molecule has 4 nitrogen and oxygen atoms in total. The van der Waals surface area contributed by atoms with E-state index in [-0.39, 0.29) is 5.91 Å². The van der Waals surface area contributed by atoms with Crippen molar-refractivity contribution >= 4 is 27.3 Å². The van der Waals surface area contributed by atoms with Gasteiger partial charge in [0.2, 0.25) is 5.91 Å². The van der Waals surface area contributed by atoms with E-state index < -0.39 is 0 Å². The number of nitrogens with zero attached hydrogens (tertiary/aromatic N) is 2. The van der Waals surface area contributed by atoms with E-state index >= 15 is 0 Å². The van der Waals surface area contributed by atoms with Crippen molar-refractivity contribution in [3.05, 3.63) is 35.2 Å². The van der Waals surface area contributed by atoms with Crippen molar-refractivity contribution in [3.63, 3.8) is 0 Å². The fourth-order valence-electron chi connectivity index (χ4n) is 4.94. The summed E-state index contributed by atoms with van der Waals surface area (Å²) in [4.78, 5) is 17.4. The van der Waals surface area contributed by atoms with Crippen LogP contribution in [0.15, 0.2) is 29.6 Å². The van der Waals surface area contributed by atoms with Crippen LogP contribution >= 0.6 is 11.3 Å². The average Bonchev–Trinajstić information content (AvgIpc) is 3.17. The SMILES string of the molecule is COC[C@@H]1CN(C)CC12CCN(C(=O)Cc1csc3ccccc13)CC2. The lowest BCUT2D eigenvalue weighted by Gasteiger charge is -2.42. The van der Waals surface area contributed by atoms with Gasteiger partial charge in [0, 0.05) is 43.9 Å². The maximum absolute atomic E-state index is 12.9. The predicted molar refractivity (Wildman–Crippen MR) is 107 cm³/mol. The molecule has 2 aliphatic heterocycles. The van der Waals surface area contributed by atoms with Gasteiger partial charge in [-0.2, -0.15) is 0 Å². The molecule has 2 fully saturated rings. The monoisotopic (exact) mass is 372 g/mol. The molecule has 4 rings (SSSR count). The zero-order valence-electron chi connectivity index (χ0n) is 15.7. The quantitative estimate of drug-likeness (QED) is 0.826. The molecule has 0 N–H and O–H groups in total. The average molecular weight is 373 g/mol. The summed E-state index contributed by atoms with van der Waals surface area (Å²) in [5.41, 5.74) is 1.50. The summed E-state index contributed by atoms with van der Waals surface area (Å²) in [6, 6.07) is 8.37. The fourth-order valence-corrected chi connectivity index (χ4v) is 5.91. The molecular formula is C21H28N2O2S. The minimum Gasteiger partial charge on any atom is -0.384 e. The van der Waals surface area contributed by atoms with Gasteiger partial charge >= 0.3 is 0 Å². The number of likely N-dealkylation sites (tertiary alicyclic amines) is 2. The third kappa shape index (κ3) is 3.28. The Morgan fingerprint density at radius 1 is 1.31 bits per heavy atom. The number of carbonyl (C=O) groups is 1. The minimum atomic E-state index is 0.276. The molecular weight excluding hydrogens is 344 g/mol. The molecule has 2 saturated heterocycles. The Labute approximate surface area is 159 Å². The Morgan fingerprint density at radius 3 is 2.85 bits per heavy atom. The topological polar surface area (TPSA) is 32.8 Å². The third-order valence-corrected chi connectivity index (χ3v) is 7.38. The number of ether oxygens (including phenoxy) is 1. The minimum absolute atomic E-state index is 0.276. The molecule has 0 aliphatic carbocycles. The van der Waals surface area contributed by atoms with Gasteiger partial charge in [-0.05, 0) is 47.7 Å². The number of benzene rings is 1. The molecule has 26 heavy (non-hydrogen) atoms. The first-order chi connectivity index (χ1) is 12.6. The van der Waals surface area contributed by atoms with Gasteiger partial charge in [0.1, 0.15) is 0 Å². The zero-order valence-corrected chi connectivity index (χ0v) is 16.6. The molecule has 1 aromatic heterocycles. The molecule has 140 valence electrons. The second-order valence-corrected chi connectivity index (χ2v) is 8.94. The van der Waals surface area contributed by atoms with E-state index in [1.54, 1.807) is 18.4 Å². The number of fused-ring (bicyclic) bond motifs is 1. The summed E-state index contributed by atoms with van der Waals surface area (Å²) in [7, 11) is 4.01. The van der Waals surface area contributed by atoms with Crippen LogP contribution in [0.25, 0.3) is 10.1 Å². The number of amides is 1. The van der Waals surface area contributed by atoms with Crippen molar-refractivity contribution in [2.24, 2.45) is 11.3 Å². The van der Waals surface area contributed by atoms with E-state index in [0.717, 1.165) is 45.6 Å². The van der Waals surface area contributed by atoms with Crippen LogP contribution in [-0.4, -0.2) is 62.7 Å². The summed E-state index contributed by atoms with van der Waals surface area (Å²) < 4.78 is 6.75. The van der Waals surface area contributed by atoms with E-state index in [1.165, 1.54) is 15.6 Å². The lowest BCUT2D eigenvalue weighted by Crippen LogP contribution is -2.47. The Hall–Kier alpha value is -1.43. The second-order valence-electron chi connectivity index (χ2n) is 8.03. The molecule has 0 unspecified atom stereocenters. The highest BCUT2D eigenvalue weighted by molar-refractivity contribution is 7.17. The maximum atomic E-state index is 12.9. The highest BCUT2D eigenvalue weighted by atomic mass is 32.1. The maximum Gasteiger partial charge on any atom is 0.227 e.